The zero-order chi connectivity index (χ0) is 31.8. The Morgan fingerprint density at radius 3 is 0.761 bits per heavy atom. The third-order valence-electron chi connectivity index (χ3n) is 9.16. The van der Waals surface area contributed by atoms with Gasteiger partial charge in [-0.15, -0.1) is 0 Å². The van der Waals surface area contributed by atoms with Crippen molar-refractivity contribution in [2.75, 3.05) is 0 Å². The minimum Gasteiger partial charge on any atom is -1.00 e. The molecule has 2 aromatic rings. The van der Waals surface area contributed by atoms with E-state index >= 15 is 0 Å². The maximum atomic E-state index is 2.31. The summed E-state index contributed by atoms with van der Waals surface area (Å²) < 4.78 is 4.62. The van der Waals surface area contributed by atoms with E-state index in [-0.39, 0.29) is 36.4 Å². The fraction of sp³-hybridized carbons (Fsp3) is 0.762. The molecule has 0 unspecified atom stereocenters. The fourth-order valence-corrected chi connectivity index (χ4v) is 5.99. The molecule has 0 aliphatic heterocycles. The quantitative estimate of drug-likeness (QED) is 0.0514. The van der Waals surface area contributed by atoms with Gasteiger partial charge in [0, 0.05) is 37.1 Å². The summed E-state index contributed by atoms with van der Waals surface area (Å²) in [6, 6.07) is 8.79. The van der Waals surface area contributed by atoms with Crippen molar-refractivity contribution in [3.8, 4) is 0 Å². The Labute approximate surface area is 311 Å². The number of aryl methyl sites for hydroxylation is 4. The van der Waals surface area contributed by atoms with Crippen LogP contribution in [0.2, 0.25) is 0 Å². The lowest BCUT2D eigenvalue weighted by molar-refractivity contribution is -0.697. The van der Waals surface area contributed by atoms with E-state index in [4.69, 9.17) is 0 Å². The van der Waals surface area contributed by atoms with E-state index in [2.05, 4.69) is 85.9 Å². The van der Waals surface area contributed by atoms with Crippen LogP contribution in [0.3, 0.4) is 0 Å². The molecule has 0 saturated carbocycles. The summed E-state index contributed by atoms with van der Waals surface area (Å²) in [5.41, 5.74) is 2.70. The average Bonchev–Trinajstić information content (AvgIpc) is 3.04. The van der Waals surface area contributed by atoms with E-state index in [9.17, 15) is 0 Å². The van der Waals surface area contributed by atoms with E-state index < -0.39 is 0 Å². The van der Waals surface area contributed by atoms with Crippen molar-refractivity contribution in [3.63, 3.8) is 0 Å². The number of aromatic nitrogens is 2. The Kier molecular flexibility index (Phi) is 38.3. The highest BCUT2D eigenvalue weighted by Gasteiger charge is 2.01. The summed E-state index contributed by atoms with van der Waals surface area (Å²) in [5, 5.41) is 0. The number of hydrogen-bond donors (Lipinski definition) is 0. The number of nitrogens with zero attached hydrogens (tertiary/aromatic N) is 2. The van der Waals surface area contributed by atoms with Crippen LogP contribution in [0, 0.1) is 13.8 Å². The average molecular weight is 771 g/mol. The first-order chi connectivity index (χ1) is 21.7. The van der Waals surface area contributed by atoms with E-state index in [1.807, 2.05) is 0 Å². The Balaban J connectivity index is 0. The lowest BCUT2D eigenvalue weighted by Gasteiger charge is -2.03. The van der Waals surface area contributed by atoms with Crippen molar-refractivity contribution >= 4 is 0 Å². The van der Waals surface area contributed by atoms with Gasteiger partial charge in [-0.25, -0.2) is 9.13 Å². The summed E-state index contributed by atoms with van der Waals surface area (Å²) in [6.07, 6.45) is 46.0. The van der Waals surface area contributed by atoms with Crippen LogP contribution in [-0.2, 0) is 13.1 Å². The normalized spacial score (nSPS) is 10.5. The van der Waals surface area contributed by atoms with Crippen molar-refractivity contribution in [2.45, 2.75) is 208 Å². The van der Waals surface area contributed by atoms with Crippen LogP contribution >= 0.6 is 0 Å². The minimum atomic E-state index is 0. The number of halogens is 2. The van der Waals surface area contributed by atoms with Crippen LogP contribution in [0.4, 0.5) is 0 Å². The van der Waals surface area contributed by atoms with E-state index in [0.717, 1.165) is 0 Å². The molecule has 0 aromatic carbocycles. The Morgan fingerprint density at radius 2 is 0.543 bits per heavy atom. The molecule has 0 spiro atoms. The molecule has 4 heteroatoms. The van der Waals surface area contributed by atoms with Gasteiger partial charge in [-0.1, -0.05) is 155 Å². The Hall–Kier alpha value is -0.680. The first-order valence-electron chi connectivity index (χ1n) is 19.6. The van der Waals surface area contributed by atoms with E-state index in [0.29, 0.717) is 0 Å². The Bertz CT molecular complexity index is 840. The van der Waals surface area contributed by atoms with Gasteiger partial charge in [0.1, 0.15) is 13.1 Å². The molecule has 0 aliphatic rings. The summed E-state index contributed by atoms with van der Waals surface area (Å²) in [5.74, 6) is 0. The molecule has 0 atom stereocenters. The van der Waals surface area contributed by atoms with Crippen molar-refractivity contribution in [2.24, 2.45) is 0 Å². The molecule has 0 amide bonds. The molecule has 2 nitrogen and oxygen atoms in total. The van der Waals surface area contributed by atoms with Gasteiger partial charge < -0.3 is 36.4 Å². The van der Waals surface area contributed by atoms with Gasteiger partial charge in [0.05, 0.1) is 0 Å². The van der Waals surface area contributed by atoms with E-state index in [1.54, 1.807) is 0 Å². The van der Waals surface area contributed by atoms with Gasteiger partial charge in [-0.05, 0) is 37.8 Å². The molecular weight excluding hydrogens is 695 g/mol. The largest absolute Gasteiger partial charge is 1.00 e. The van der Waals surface area contributed by atoms with Crippen LogP contribution in [0.25, 0.3) is 0 Å². The molecule has 46 heavy (non-hydrogen) atoms. The number of pyridine rings is 2. The highest BCUT2D eigenvalue weighted by molar-refractivity contribution is 5.03. The second-order valence-electron chi connectivity index (χ2n) is 13.7. The smallest absolute Gasteiger partial charge is 0.169 e. The summed E-state index contributed by atoms with van der Waals surface area (Å²) in [7, 11) is 0. The Morgan fingerprint density at radius 1 is 0.348 bits per heavy atom. The van der Waals surface area contributed by atoms with Gasteiger partial charge in [-0.3, -0.25) is 0 Å². The second kappa shape index (κ2) is 37.1. The van der Waals surface area contributed by atoms with Crippen LogP contribution in [0.15, 0.2) is 49.1 Å². The maximum Gasteiger partial charge on any atom is 0.169 e. The lowest BCUT2D eigenvalue weighted by atomic mass is 10.0. The van der Waals surface area contributed by atoms with Crippen LogP contribution in [0.5, 0.6) is 0 Å². The highest BCUT2D eigenvalue weighted by atomic mass is 127. The van der Waals surface area contributed by atoms with E-state index in [1.165, 1.54) is 191 Å². The predicted molar refractivity (Wildman–Crippen MR) is 194 cm³/mol. The van der Waals surface area contributed by atoms with Crippen molar-refractivity contribution in [1.29, 1.82) is 0 Å². The monoisotopic (exact) mass is 770 g/mol. The lowest BCUT2D eigenvalue weighted by Crippen LogP contribution is -3.00. The van der Waals surface area contributed by atoms with Crippen molar-refractivity contribution in [1.82, 2.24) is 0 Å². The maximum absolute atomic E-state index is 2.31. The molecule has 0 saturated heterocycles. The first kappa shape index (κ1) is 47.4. The first-order valence-corrected chi connectivity index (χ1v) is 19.6. The molecular formula is C42H76ClIN2. The van der Waals surface area contributed by atoms with Gasteiger partial charge >= 0.3 is 0 Å². The van der Waals surface area contributed by atoms with Crippen LogP contribution in [-0.4, -0.2) is 0 Å². The van der Waals surface area contributed by atoms with Gasteiger partial charge in [0.2, 0.25) is 0 Å². The van der Waals surface area contributed by atoms with Crippen molar-refractivity contribution < 1.29 is 45.5 Å². The third-order valence-corrected chi connectivity index (χ3v) is 9.16. The highest BCUT2D eigenvalue weighted by Crippen LogP contribution is 2.13. The molecule has 268 valence electrons. The predicted octanol–water partition coefficient (Wildman–Crippen LogP) is 6.76. The van der Waals surface area contributed by atoms with Crippen molar-refractivity contribution in [3.05, 3.63) is 60.2 Å². The molecule has 0 bridgehead atoms. The summed E-state index contributed by atoms with van der Waals surface area (Å²) >= 11 is 0. The standard InChI is InChI=1S/C22H40N.C20H36N.ClH.HI/c1-3-4-5-6-7-8-9-10-11-12-13-14-15-16-19-23-20-17-22(2)18-21-23;1-3-4-5-6-7-8-9-10-11-12-13-14-17-21-18-15-20(2)16-19-21;;/h17-18,20-21H,3-16,19H2,1-2H3;15-16,18-19H,3-14,17H2,1-2H3;2*1H/q2*+1;;/p-2. The zero-order valence-electron chi connectivity index (χ0n) is 31.1. The summed E-state index contributed by atoms with van der Waals surface area (Å²) in [4.78, 5) is 0. The number of rotatable bonds is 28. The molecule has 0 radical (unpaired) electrons. The number of unbranched alkanes of at least 4 members (excludes halogenated alkanes) is 24. The molecule has 0 N–H and O–H groups in total. The molecule has 0 aliphatic carbocycles. The minimum absolute atomic E-state index is 0. The summed E-state index contributed by atoms with van der Waals surface area (Å²) in [6.45, 7) is 11.2. The molecule has 2 rings (SSSR count). The van der Waals surface area contributed by atoms with Gasteiger partial charge in [0.25, 0.3) is 0 Å². The van der Waals surface area contributed by atoms with Gasteiger partial charge in [0.15, 0.2) is 24.8 Å². The van der Waals surface area contributed by atoms with Crippen LogP contribution in [0.1, 0.15) is 192 Å². The van der Waals surface area contributed by atoms with Crippen LogP contribution < -0.4 is 45.5 Å². The SMILES string of the molecule is CCCCCCCCCCCCCCCC[n+]1ccc(C)cc1.CCCCCCCCCCCCCC[n+]1ccc(C)cc1.[Cl-].[I-]. The zero-order valence-corrected chi connectivity index (χ0v) is 34.0. The third kappa shape index (κ3) is 31.9. The topological polar surface area (TPSA) is 7.76 Å². The number of hydrogen-bond acceptors (Lipinski definition) is 0. The second-order valence-corrected chi connectivity index (χ2v) is 13.7. The molecule has 2 heterocycles. The fourth-order valence-electron chi connectivity index (χ4n) is 5.99. The molecule has 2 aromatic heterocycles. The molecule has 0 fully saturated rings. The van der Waals surface area contributed by atoms with Gasteiger partial charge in [-0.2, -0.15) is 0 Å².